The lowest BCUT2D eigenvalue weighted by Gasteiger charge is -2.13. The predicted octanol–water partition coefficient (Wildman–Crippen LogP) is 0.902. The number of carbonyl (C=O) groups excluding carboxylic acids is 1. The lowest BCUT2D eigenvalue weighted by Crippen LogP contribution is -2.27. The van der Waals surface area contributed by atoms with E-state index >= 15 is 0 Å². The fourth-order valence-electron chi connectivity index (χ4n) is 0.866. The van der Waals surface area contributed by atoms with Crippen LogP contribution in [0.25, 0.3) is 0 Å². The third kappa shape index (κ3) is 2.32. The highest BCUT2D eigenvalue weighted by molar-refractivity contribution is 14.1. The Morgan fingerprint density at radius 2 is 2.36 bits per heavy atom. The minimum atomic E-state index is -0.360. The number of pyridine rings is 1. The number of nitrogen functional groups attached to an aromatic ring is 1. The SMILES string of the molecule is CON(C)C(=O)c1ncc(I)cc1N. The number of nitrogens with zero attached hydrogens (tertiary/aromatic N) is 2. The first kappa shape index (κ1) is 11.2. The molecule has 6 heteroatoms. The van der Waals surface area contributed by atoms with Crippen molar-refractivity contribution in [2.45, 2.75) is 0 Å². The lowest BCUT2D eigenvalue weighted by molar-refractivity contribution is -0.0759. The molecule has 0 bridgehead atoms. The van der Waals surface area contributed by atoms with Gasteiger partial charge in [0.15, 0.2) is 5.69 Å². The van der Waals surface area contributed by atoms with Crippen molar-refractivity contribution in [1.82, 2.24) is 10.0 Å². The summed E-state index contributed by atoms with van der Waals surface area (Å²) in [6.45, 7) is 0. The van der Waals surface area contributed by atoms with Crippen LogP contribution in [0.3, 0.4) is 0 Å². The van der Waals surface area contributed by atoms with Gasteiger partial charge in [-0.15, -0.1) is 0 Å². The van der Waals surface area contributed by atoms with Crippen LogP contribution in [0.1, 0.15) is 10.5 Å². The number of amides is 1. The highest BCUT2D eigenvalue weighted by Crippen LogP contribution is 2.14. The molecule has 0 fully saturated rings. The van der Waals surface area contributed by atoms with Crippen LogP contribution >= 0.6 is 22.6 Å². The van der Waals surface area contributed by atoms with Gasteiger partial charge in [0.1, 0.15) is 0 Å². The van der Waals surface area contributed by atoms with Crippen molar-refractivity contribution < 1.29 is 9.63 Å². The molecule has 0 aliphatic rings. The minimum absolute atomic E-state index is 0.203. The van der Waals surface area contributed by atoms with Crippen molar-refractivity contribution in [1.29, 1.82) is 0 Å². The van der Waals surface area contributed by atoms with Crippen molar-refractivity contribution >= 4 is 34.2 Å². The van der Waals surface area contributed by atoms with Gasteiger partial charge < -0.3 is 5.73 Å². The number of anilines is 1. The van der Waals surface area contributed by atoms with E-state index in [0.29, 0.717) is 5.69 Å². The molecule has 1 heterocycles. The normalized spacial score (nSPS) is 9.93. The predicted molar refractivity (Wildman–Crippen MR) is 60.5 cm³/mol. The number of carbonyl (C=O) groups is 1. The molecule has 1 aromatic heterocycles. The molecule has 0 aromatic carbocycles. The second-order valence-corrected chi connectivity index (χ2v) is 3.82. The fraction of sp³-hybridized carbons (Fsp3) is 0.250. The number of aromatic nitrogens is 1. The first-order valence-electron chi connectivity index (χ1n) is 3.79. The third-order valence-electron chi connectivity index (χ3n) is 1.65. The molecular formula is C8H10IN3O2. The number of hydrogen-bond acceptors (Lipinski definition) is 4. The van der Waals surface area contributed by atoms with Gasteiger partial charge in [0.25, 0.3) is 5.91 Å². The molecule has 0 spiro atoms. The molecule has 0 aliphatic heterocycles. The Labute approximate surface area is 95.3 Å². The van der Waals surface area contributed by atoms with Crippen LogP contribution in [0.15, 0.2) is 12.3 Å². The van der Waals surface area contributed by atoms with Crippen LogP contribution in [0, 0.1) is 3.57 Å². The van der Waals surface area contributed by atoms with Gasteiger partial charge in [-0.05, 0) is 28.7 Å². The monoisotopic (exact) mass is 307 g/mol. The maximum atomic E-state index is 11.6. The van der Waals surface area contributed by atoms with Gasteiger partial charge in [-0.3, -0.25) is 9.63 Å². The number of halogens is 1. The van der Waals surface area contributed by atoms with Gasteiger partial charge in [0.05, 0.1) is 12.8 Å². The maximum absolute atomic E-state index is 11.6. The third-order valence-corrected chi connectivity index (χ3v) is 2.24. The second-order valence-electron chi connectivity index (χ2n) is 2.58. The van der Waals surface area contributed by atoms with E-state index in [9.17, 15) is 4.79 Å². The van der Waals surface area contributed by atoms with Gasteiger partial charge in [-0.1, -0.05) is 0 Å². The van der Waals surface area contributed by atoms with Gasteiger partial charge >= 0.3 is 0 Å². The Morgan fingerprint density at radius 1 is 1.71 bits per heavy atom. The van der Waals surface area contributed by atoms with E-state index in [4.69, 9.17) is 10.6 Å². The van der Waals surface area contributed by atoms with E-state index in [-0.39, 0.29) is 11.6 Å². The molecular weight excluding hydrogens is 297 g/mol. The molecule has 2 N–H and O–H groups in total. The van der Waals surface area contributed by atoms with Crippen molar-refractivity contribution in [3.8, 4) is 0 Å². The largest absolute Gasteiger partial charge is 0.397 e. The van der Waals surface area contributed by atoms with Crippen molar-refractivity contribution in [2.24, 2.45) is 0 Å². The molecule has 0 aliphatic carbocycles. The van der Waals surface area contributed by atoms with Gasteiger partial charge in [-0.25, -0.2) is 10.0 Å². The van der Waals surface area contributed by atoms with Crippen LogP contribution in [0.5, 0.6) is 0 Å². The average Bonchev–Trinajstić information content (AvgIpc) is 2.15. The van der Waals surface area contributed by atoms with E-state index in [1.54, 1.807) is 12.3 Å². The van der Waals surface area contributed by atoms with Crippen LogP contribution in [-0.4, -0.2) is 30.1 Å². The van der Waals surface area contributed by atoms with E-state index in [2.05, 4.69) is 27.6 Å². The molecule has 0 saturated carbocycles. The standard InChI is InChI=1S/C8H10IN3O2/c1-12(14-2)8(13)7-6(10)3-5(9)4-11-7/h3-4H,10H2,1-2H3. The summed E-state index contributed by atoms with van der Waals surface area (Å²) in [5.41, 5.74) is 6.20. The summed E-state index contributed by atoms with van der Waals surface area (Å²) in [6, 6.07) is 1.68. The zero-order valence-corrected chi connectivity index (χ0v) is 9.98. The number of rotatable bonds is 2. The van der Waals surface area contributed by atoms with Crippen LogP contribution in [0.2, 0.25) is 0 Å². The minimum Gasteiger partial charge on any atom is -0.397 e. The first-order valence-corrected chi connectivity index (χ1v) is 4.87. The summed E-state index contributed by atoms with van der Waals surface area (Å²) in [4.78, 5) is 20.2. The number of hydrogen-bond donors (Lipinski definition) is 1. The zero-order chi connectivity index (χ0) is 10.7. The molecule has 14 heavy (non-hydrogen) atoms. The average molecular weight is 307 g/mol. The lowest BCUT2D eigenvalue weighted by atomic mass is 10.3. The summed E-state index contributed by atoms with van der Waals surface area (Å²) < 4.78 is 0.886. The van der Waals surface area contributed by atoms with E-state index in [1.165, 1.54) is 14.2 Å². The molecule has 1 aromatic rings. The highest BCUT2D eigenvalue weighted by atomic mass is 127. The molecule has 5 nitrogen and oxygen atoms in total. The maximum Gasteiger partial charge on any atom is 0.297 e. The number of nitrogens with two attached hydrogens (primary N) is 1. The topological polar surface area (TPSA) is 68.5 Å². The Kier molecular flexibility index (Phi) is 3.64. The summed E-state index contributed by atoms with van der Waals surface area (Å²) >= 11 is 2.07. The van der Waals surface area contributed by atoms with Crippen molar-refractivity contribution in [3.05, 3.63) is 21.5 Å². The van der Waals surface area contributed by atoms with Gasteiger partial charge in [0.2, 0.25) is 0 Å². The number of hydroxylamine groups is 2. The summed E-state index contributed by atoms with van der Waals surface area (Å²) in [5.74, 6) is -0.360. The summed E-state index contributed by atoms with van der Waals surface area (Å²) in [5, 5.41) is 1.07. The molecule has 0 radical (unpaired) electrons. The van der Waals surface area contributed by atoms with Crippen LogP contribution in [0.4, 0.5) is 5.69 Å². The summed E-state index contributed by atoms with van der Waals surface area (Å²) in [6.07, 6.45) is 1.58. The molecule has 0 unspecified atom stereocenters. The molecule has 0 saturated heterocycles. The van der Waals surface area contributed by atoms with Crippen molar-refractivity contribution in [3.63, 3.8) is 0 Å². The van der Waals surface area contributed by atoms with Crippen LogP contribution in [-0.2, 0) is 4.84 Å². The first-order chi connectivity index (χ1) is 6.56. The fourth-order valence-corrected chi connectivity index (χ4v) is 1.34. The Bertz CT molecular complexity index is 356. The molecule has 76 valence electrons. The zero-order valence-electron chi connectivity index (χ0n) is 7.82. The Hall–Kier alpha value is -0.890. The molecule has 1 amide bonds. The Balaban J connectivity index is 3.02. The van der Waals surface area contributed by atoms with Gasteiger partial charge in [0, 0.05) is 16.8 Å². The Morgan fingerprint density at radius 3 is 2.86 bits per heavy atom. The van der Waals surface area contributed by atoms with E-state index < -0.39 is 0 Å². The van der Waals surface area contributed by atoms with E-state index in [0.717, 1.165) is 8.63 Å². The van der Waals surface area contributed by atoms with Crippen LogP contribution < -0.4 is 5.73 Å². The highest BCUT2D eigenvalue weighted by Gasteiger charge is 2.15. The van der Waals surface area contributed by atoms with Crippen molar-refractivity contribution in [2.75, 3.05) is 19.9 Å². The molecule has 0 atom stereocenters. The quantitative estimate of drug-likeness (QED) is 0.651. The van der Waals surface area contributed by atoms with E-state index in [1.807, 2.05) is 0 Å². The summed E-state index contributed by atoms with van der Waals surface area (Å²) in [7, 11) is 2.90. The van der Waals surface area contributed by atoms with Gasteiger partial charge in [-0.2, -0.15) is 0 Å². The molecule has 1 rings (SSSR count). The smallest absolute Gasteiger partial charge is 0.297 e. The second kappa shape index (κ2) is 4.56.